The van der Waals surface area contributed by atoms with Crippen LogP contribution in [0.5, 0.6) is 0 Å². The SMILES string of the molecule is CC1=CCCC(C)[C@@]12CCC(C(C)(C)O)C2. The number of allylic oxidation sites excluding steroid dienone is 2. The van der Waals surface area contributed by atoms with Crippen molar-refractivity contribution in [1.82, 2.24) is 0 Å². The van der Waals surface area contributed by atoms with Crippen LogP contribution < -0.4 is 0 Å². The van der Waals surface area contributed by atoms with E-state index in [9.17, 15) is 5.11 Å². The third-order valence-electron chi connectivity index (χ3n) is 5.33. The summed E-state index contributed by atoms with van der Waals surface area (Å²) in [5.41, 5.74) is 1.52. The Kier molecular flexibility index (Phi) is 2.94. The molecule has 0 heterocycles. The van der Waals surface area contributed by atoms with Crippen molar-refractivity contribution in [1.29, 1.82) is 0 Å². The Morgan fingerprint density at radius 2 is 2.06 bits per heavy atom. The molecule has 16 heavy (non-hydrogen) atoms. The Balaban J connectivity index is 2.22. The molecule has 1 fully saturated rings. The Labute approximate surface area is 99.9 Å². The van der Waals surface area contributed by atoms with Gasteiger partial charge < -0.3 is 5.11 Å². The molecule has 0 aliphatic heterocycles. The fraction of sp³-hybridized carbons (Fsp3) is 0.867. The van der Waals surface area contributed by atoms with Gasteiger partial charge in [-0.15, -0.1) is 0 Å². The van der Waals surface area contributed by atoms with Crippen molar-refractivity contribution in [3.8, 4) is 0 Å². The number of aliphatic hydroxyl groups is 1. The van der Waals surface area contributed by atoms with Gasteiger partial charge in [0.2, 0.25) is 0 Å². The van der Waals surface area contributed by atoms with Crippen LogP contribution in [0.2, 0.25) is 0 Å². The zero-order valence-electron chi connectivity index (χ0n) is 11.2. The summed E-state index contributed by atoms with van der Waals surface area (Å²) in [7, 11) is 0. The average molecular weight is 222 g/mol. The lowest BCUT2D eigenvalue weighted by atomic mass is 9.64. The summed E-state index contributed by atoms with van der Waals surface area (Å²) in [5.74, 6) is 1.28. The van der Waals surface area contributed by atoms with E-state index in [0.29, 0.717) is 11.3 Å². The van der Waals surface area contributed by atoms with Gasteiger partial charge in [0.1, 0.15) is 0 Å². The minimum Gasteiger partial charge on any atom is -0.390 e. The van der Waals surface area contributed by atoms with Gasteiger partial charge in [0.25, 0.3) is 0 Å². The molecule has 1 nitrogen and oxygen atoms in total. The lowest BCUT2D eigenvalue weighted by Crippen LogP contribution is -2.34. The van der Waals surface area contributed by atoms with E-state index in [0.717, 1.165) is 5.92 Å². The van der Waals surface area contributed by atoms with Crippen LogP contribution in [0.3, 0.4) is 0 Å². The first-order chi connectivity index (χ1) is 7.36. The predicted molar refractivity (Wildman–Crippen MR) is 68.2 cm³/mol. The molecule has 3 atom stereocenters. The standard InChI is InChI=1S/C15H26O/c1-11-6-5-7-12(2)15(11)9-8-13(10-15)14(3,4)16/h6,12-13,16H,5,7-10H2,1-4H3/t12?,13?,15-/m1/s1. The predicted octanol–water partition coefficient (Wildman–Crippen LogP) is 3.92. The molecule has 92 valence electrons. The second-order valence-corrected chi connectivity index (χ2v) is 6.62. The normalized spacial score (nSPS) is 40.2. The maximum Gasteiger partial charge on any atom is 0.0620 e. The van der Waals surface area contributed by atoms with E-state index in [2.05, 4.69) is 19.9 Å². The van der Waals surface area contributed by atoms with Crippen molar-refractivity contribution < 1.29 is 5.11 Å². The molecular formula is C15H26O. The smallest absolute Gasteiger partial charge is 0.0620 e. The van der Waals surface area contributed by atoms with Crippen LogP contribution in [0.1, 0.15) is 59.8 Å². The van der Waals surface area contributed by atoms with E-state index in [-0.39, 0.29) is 0 Å². The summed E-state index contributed by atoms with van der Waals surface area (Å²) >= 11 is 0. The van der Waals surface area contributed by atoms with Gasteiger partial charge in [-0.1, -0.05) is 18.6 Å². The van der Waals surface area contributed by atoms with Crippen molar-refractivity contribution >= 4 is 0 Å². The van der Waals surface area contributed by atoms with Gasteiger partial charge in [-0.3, -0.25) is 0 Å². The molecule has 1 heteroatoms. The molecule has 0 amide bonds. The molecule has 0 aromatic heterocycles. The first kappa shape index (κ1) is 12.2. The van der Waals surface area contributed by atoms with Crippen molar-refractivity contribution in [2.45, 2.75) is 65.4 Å². The molecule has 1 spiro atoms. The van der Waals surface area contributed by atoms with E-state index in [1.165, 1.54) is 32.1 Å². The number of hydrogen-bond donors (Lipinski definition) is 1. The summed E-state index contributed by atoms with van der Waals surface area (Å²) in [4.78, 5) is 0. The Morgan fingerprint density at radius 1 is 1.38 bits per heavy atom. The van der Waals surface area contributed by atoms with Crippen molar-refractivity contribution in [2.24, 2.45) is 17.3 Å². The first-order valence-corrected chi connectivity index (χ1v) is 6.76. The minimum absolute atomic E-state index is 0.420. The summed E-state index contributed by atoms with van der Waals surface area (Å²) in [5, 5.41) is 10.2. The molecule has 1 saturated carbocycles. The minimum atomic E-state index is -0.499. The van der Waals surface area contributed by atoms with Crippen LogP contribution in [-0.2, 0) is 0 Å². The van der Waals surface area contributed by atoms with Crippen LogP contribution in [-0.4, -0.2) is 10.7 Å². The van der Waals surface area contributed by atoms with Gasteiger partial charge in [0, 0.05) is 0 Å². The Morgan fingerprint density at radius 3 is 2.56 bits per heavy atom. The molecule has 0 aromatic carbocycles. The third kappa shape index (κ3) is 1.84. The number of hydrogen-bond acceptors (Lipinski definition) is 1. The van der Waals surface area contributed by atoms with Crippen LogP contribution in [0, 0.1) is 17.3 Å². The summed E-state index contributed by atoms with van der Waals surface area (Å²) < 4.78 is 0. The maximum atomic E-state index is 10.2. The molecule has 1 N–H and O–H groups in total. The van der Waals surface area contributed by atoms with E-state index < -0.39 is 5.60 Å². The van der Waals surface area contributed by atoms with Crippen molar-refractivity contribution in [2.75, 3.05) is 0 Å². The highest BCUT2D eigenvalue weighted by Gasteiger charge is 2.48. The largest absolute Gasteiger partial charge is 0.390 e. The van der Waals surface area contributed by atoms with Crippen LogP contribution in [0.15, 0.2) is 11.6 Å². The van der Waals surface area contributed by atoms with E-state index >= 15 is 0 Å². The lowest BCUT2D eigenvalue weighted by molar-refractivity contribution is 0.0128. The first-order valence-electron chi connectivity index (χ1n) is 6.76. The lowest BCUT2D eigenvalue weighted by Gasteiger charge is -2.41. The highest BCUT2D eigenvalue weighted by Crippen LogP contribution is 2.56. The van der Waals surface area contributed by atoms with Crippen molar-refractivity contribution in [3.05, 3.63) is 11.6 Å². The van der Waals surface area contributed by atoms with Crippen molar-refractivity contribution in [3.63, 3.8) is 0 Å². The van der Waals surface area contributed by atoms with Crippen LogP contribution in [0.4, 0.5) is 0 Å². The second kappa shape index (κ2) is 3.87. The topological polar surface area (TPSA) is 20.2 Å². The molecule has 2 aliphatic rings. The van der Waals surface area contributed by atoms with E-state index in [1.54, 1.807) is 5.57 Å². The van der Waals surface area contributed by atoms with Gasteiger partial charge in [0.05, 0.1) is 5.60 Å². The zero-order valence-corrected chi connectivity index (χ0v) is 11.2. The quantitative estimate of drug-likeness (QED) is 0.667. The van der Waals surface area contributed by atoms with Crippen LogP contribution >= 0.6 is 0 Å². The fourth-order valence-electron chi connectivity index (χ4n) is 3.90. The summed E-state index contributed by atoms with van der Waals surface area (Å²) in [6, 6.07) is 0. The van der Waals surface area contributed by atoms with Gasteiger partial charge >= 0.3 is 0 Å². The highest BCUT2D eigenvalue weighted by atomic mass is 16.3. The Bertz CT molecular complexity index is 297. The molecule has 2 unspecified atom stereocenters. The fourth-order valence-corrected chi connectivity index (χ4v) is 3.90. The van der Waals surface area contributed by atoms with Gasteiger partial charge in [0.15, 0.2) is 0 Å². The van der Waals surface area contributed by atoms with Gasteiger partial charge in [-0.05, 0) is 70.1 Å². The summed E-state index contributed by atoms with van der Waals surface area (Å²) in [6.07, 6.45) is 8.69. The third-order valence-corrected chi connectivity index (χ3v) is 5.33. The van der Waals surface area contributed by atoms with E-state index in [4.69, 9.17) is 0 Å². The monoisotopic (exact) mass is 222 g/mol. The average Bonchev–Trinajstić information content (AvgIpc) is 2.60. The molecule has 2 rings (SSSR count). The molecule has 0 aromatic rings. The summed E-state index contributed by atoms with van der Waals surface area (Å²) in [6.45, 7) is 8.66. The molecule has 0 bridgehead atoms. The van der Waals surface area contributed by atoms with Crippen LogP contribution in [0.25, 0.3) is 0 Å². The maximum absolute atomic E-state index is 10.2. The van der Waals surface area contributed by atoms with Gasteiger partial charge in [-0.25, -0.2) is 0 Å². The molecule has 0 saturated heterocycles. The second-order valence-electron chi connectivity index (χ2n) is 6.62. The molecule has 0 radical (unpaired) electrons. The molecular weight excluding hydrogens is 196 g/mol. The number of rotatable bonds is 1. The molecule has 2 aliphatic carbocycles. The Hall–Kier alpha value is -0.300. The zero-order chi connectivity index (χ0) is 12.0. The van der Waals surface area contributed by atoms with E-state index in [1.807, 2.05) is 13.8 Å². The highest BCUT2D eigenvalue weighted by molar-refractivity contribution is 5.20. The van der Waals surface area contributed by atoms with Gasteiger partial charge in [-0.2, -0.15) is 0 Å².